The minimum Gasteiger partial charge on any atom is -0.396 e. The molecule has 0 aliphatic heterocycles. The molecular formula is C13H22N2OS. The number of thiazole rings is 1. The van der Waals surface area contributed by atoms with Crippen LogP contribution in [0.3, 0.4) is 0 Å². The van der Waals surface area contributed by atoms with Gasteiger partial charge in [-0.25, -0.2) is 4.98 Å². The van der Waals surface area contributed by atoms with Crippen molar-refractivity contribution in [1.29, 1.82) is 0 Å². The second-order valence-corrected chi connectivity index (χ2v) is 6.28. The zero-order chi connectivity index (χ0) is 12.1. The number of nitrogens with zero attached hydrogens (tertiary/aromatic N) is 1. The van der Waals surface area contributed by atoms with E-state index < -0.39 is 0 Å². The van der Waals surface area contributed by atoms with Crippen LogP contribution < -0.4 is 5.32 Å². The van der Waals surface area contributed by atoms with Gasteiger partial charge in [-0.1, -0.05) is 12.8 Å². The van der Waals surface area contributed by atoms with Crippen LogP contribution in [0.15, 0.2) is 6.20 Å². The van der Waals surface area contributed by atoms with Gasteiger partial charge < -0.3 is 10.4 Å². The van der Waals surface area contributed by atoms with E-state index in [9.17, 15) is 5.11 Å². The van der Waals surface area contributed by atoms with Gasteiger partial charge >= 0.3 is 0 Å². The minimum atomic E-state index is 0.353. The van der Waals surface area contributed by atoms with Crippen molar-refractivity contribution in [3.8, 4) is 0 Å². The maximum Gasteiger partial charge on any atom is 0.0897 e. The van der Waals surface area contributed by atoms with Gasteiger partial charge in [-0.05, 0) is 38.1 Å². The van der Waals surface area contributed by atoms with Crippen molar-refractivity contribution in [2.45, 2.75) is 39.2 Å². The summed E-state index contributed by atoms with van der Waals surface area (Å²) >= 11 is 1.76. The van der Waals surface area contributed by atoms with Crippen molar-refractivity contribution in [3.63, 3.8) is 0 Å². The lowest BCUT2D eigenvalue weighted by Crippen LogP contribution is -2.32. The highest BCUT2D eigenvalue weighted by Gasteiger charge is 2.23. The van der Waals surface area contributed by atoms with Crippen molar-refractivity contribution in [1.82, 2.24) is 10.3 Å². The summed E-state index contributed by atoms with van der Waals surface area (Å²) < 4.78 is 0. The molecule has 0 radical (unpaired) electrons. The number of aliphatic hydroxyl groups is 1. The van der Waals surface area contributed by atoms with Crippen LogP contribution in [-0.4, -0.2) is 23.2 Å². The largest absolute Gasteiger partial charge is 0.396 e. The topological polar surface area (TPSA) is 45.2 Å². The summed E-state index contributed by atoms with van der Waals surface area (Å²) in [4.78, 5) is 5.56. The quantitative estimate of drug-likeness (QED) is 0.848. The van der Waals surface area contributed by atoms with E-state index in [1.807, 2.05) is 13.1 Å². The summed E-state index contributed by atoms with van der Waals surface area (Å²) in [7, 11) is 0. The first-order chi connectivity index (χ1) is 8.29. The molecule has 1 aliphatic carbocycles. The van der Waals surface area contributed by atoms with E-state index in [1.54, 1.807) is 11.3 Å². The molecule has 2 atom stereocenters. The van der Waals surface area contributed by atoms with E-state index in [-0.39, 0.29) is 0 Å². The molecule has 1 aliphatic rings. The number of aryl methyl sites for hydroxylation is 1. The fourth-order valence-corrected chi connectivity index (χ4v) is 3.43. The van der Waals surface area contributed by atoms with Gasteiger partial charge in [0.05, 0.1) is 5.01 Å². The Bertz CT molecular complexity index is 340. The number of aliphatic hydroxyl groups excluding tert-OH is 1. The van der Waals surface area contributed by atoms with Crippen LogP contribution in [-0.2, 0) is 6.54 Å². The number of aromatic nitrogens is 1. The van der Waals surface area contributed by atoms with Crippen LogP contribution >= 0.6 is 11.3 Å². The predicted molar refractivity (Wildman–Crippen MR) is 71.1 cm³/mol. The number of rotatable bonds is 5. The molecule has 0 aromatic carbocycles. The molecule has 2 N–H and O–H groups in total. The number of nitrogens with one attached hydrogen (secondary N) is 1. The minimum absolute atomic E-state index is 0.353. The monoisotopic (exact) mass is 254 g/mol. The molecule has 1 fully saturated rings. The van der Waals surface area contributed by atoms with Crippen LogP contribution in [0.2, 0.25) is 0 Å². The van der Waals surface area contributed by atoms with E-state index >= 15 is 0 Å². The summed E-state index contributed by atoms with van der Waals surface area (Å²) in [6.07, 6.45) is 7.03. The van der Waals surface area contributed by atoms with E-state index in [2.05, 4.69) is 10.3 Å². The van der Waals surface area contributed by atoms with Crippen molar-refractivity contribution >= 4 is 11.3 Å². The fourth-order valence-electron chi connectivity index (χ4n) is 2.66. The normalized spacial score (nSPS) is 25.1. The first-order valence-electron chi connectivity index (χ1n) is 6.52. The van der Waals surface area contributed by atoms with Crippen molar-refractivity contribution < 1.29 is 5.11 Å². The molecule has 96 valence electrons. The van der Waals surface area contributed by atoms with Gasteiger partial charge in [-0.15, -0.1) is 11.3 Å². The van der Waals surface area contributed by atoms with Crippen molar-refractivity contribution in [2.24, 2.45) is 11.8 Å². The summed E-state index contributed by atoms with van der Waals surface area (Å²) in [5, 5.41) is 14.0. The van der Waals surface area contributed by atoms with E-state index in [0.717, 1.165) is 18.1 Å². The van der Waals surface area contributed by atoms with Gasteiger partial charge in [0, 0.05) is 24.2 Å². The second kappa shape index (κ2) is 6.47. The summed E-state index contributed by atoms with van der Waals surface area (Å²) in [6.45, 7) is 4.34. The Morgan fingerprint density at radius 2 is 2.18 bits per heavy atom. The molecule has 1 heterocycles. The Hall–Kier alpha value is -0.450. The fraction of sp³-hybridized carbons (Fsp3) is 0.769. The van der Waals surface area contributed by atoms with Gasteiger partial charge in [-0.2, -0.15) is 0 Å². The first kappa shape index (κ1) is 13.0. The van der Waals surface area contributed by atoms with Crippen LogP contribution in [0.1, 0.15) is 35.6 Å². The molecule has 0 amide bonds. The Labute approximate surface area is 107 Å². The van der Waals surface area contributed by atoms with Crippen molar-refractivity contribution in [2.75, 3.05) is 13.2 Å². The zero-order valence-electron chi connectivity index (χ0n) is 10.5. The smallest absolute Gasteiger partial charge is 0.0897 e. The van der Waals surface area contributed by atoms with Crippen LogP contribution in [0, 0.1) is 18.8 Å². The molecule has 4 heteroatoms. The lowest BCUT2D eigenvalue weighted by molar-refractivity contribution is 0.133. The molecule has 0 spiro atoms. The average molecular weight is 254 g/mol. The molecule has 1 aromatic heterocycles. The zero-order valence-corrected chi connectivity index (χ0v) is 11.3. The summed E-state index contributed by atoms with van der Waals surface area (Å²) in [6, 6.07) is 0. The highest BCUT2D eigenvalue weighted by molar-refractivity contribution is 7.11. The average Bonchev–Trinajstić information content (AvgIpc) is 2.76. The molecule has 17 heavy (non-hydrogen) atoms. The third-order valence-corrected chi connectivity index (χ3v) is 4.59. The second-order valence-electron chi connectivity index (χ2n) is 4.96. The predicted octanol–water partition coefficient (Wildman–Crippen LogP) is 2.34. The molecule has 0 bridgehead atoms. The van der Waals surface area contributed by atoms with Crippen LogP contribution in [0.4, 0.5) is 0 Å². The van der Waals surface area contributed by atoms with E-state index in [1.165, 1.54) is 30.6 Å². The molecule has 2 unspecified atom stereocenters. The Balaban J connectivity index is 1.73. The van der Waals surface area contributed by atoms with Crippen LogP contribution in [0.25, 0.3) is 0 Å². The SMILES string of the molecule is Cc1ncc(CNCC2CCCCC2CO)s1. The van der Waals surface area contributed by atoms with Gasteiger partial charge in [0.2, 0.25) is 0 Å². The molecular weight excluding hydrogens is 232 g/mol. The van der Waals surface area contributed by atoms with Crippen molar-refractivity contribution in [3.05, 3.63) is 16.1 Å². The maximum atomic E-state index is 9.35. The Kier molecular flexibility index (Phi) is 4.95. The number of hydrogen-bond acceptors (Lipinski definition) is 4. The lowest BCUT2D eigenvalue weighted by atomic mass is 9.79. The summed E-state index contributed by atoms with van der Waals surface area (Å²) in [5.41, 5.74) is 0. The van der Waals surface area contributed by atoms with Gasteiger partial charge in [0.1, 0.15) is 0 Å². The standard InChI is InChI=1S/C13H22N2OS/c1-10-15-8-13(17-10)7-14-6-11-4-2-3-5-12(11)9-16/h8,11-12,14,16H,2-7,9H2,1H3. The molecule has 1 aromatic rings. The highest BCUT2D eigenvalue weighted by Crippen LogP contribution is 2.29. The molecule has 0 saturated heterocycles. The molecule has 1 saturated carbocycles. The van der Waals surface area contributed by atoms with Gasteiger partial charge in [-0.3, -0.25) is 0 Å². The van der Waals surface area contributed by atoms with E-state index in [0.29, 0.717) is 18.4 Å². The third kappa shape index (κ3) is 3.76. The first-order valence-corrected chi connectivity index (χ1v) is 7.34. The van der Waals surface area contributed by atoms with E-state index in [4.69, 9.17) is 0 Å². The Morgan fingerprint density at radius 1 is 1.41 bits per heavy atom. The maximum absolute atomic E-state index is 9.35. The third-order valence-electron chi connectivity index (χ3n) is 3.68. The molecule has 3 nitrogen and oxygen atoms in total. The number of hydrogen-bond donors (Lipinski definition) is 2. The highest BCUT2D eigenvalue weighted by atomic mass is 32.1. The molecule has 2 rings (SSSR count). The Morgan fingerprint density at radius 3 is 2.82 bits per heavy atom. The lowest BCUT2D eigenvalue weighted by Gasteiger charge is -2.30. The van der Waals surface area contributed by atoms with Gasteiger partial charge in [0.25, 0.3) is 0 Å². The summed E-state index contributed by atoms with van der Waals surface area (Å²) in [5.74, 6) is 1.17. The van der Waals surface area contributed by atoms with Crippen LogP contribution in [0.5, 0.6) is 0 Å². The van der Waals surface area contributed by atoms with Gasteiger partial charge in [0.15, 0.2) is 0 Å².